The third-order valence-electron chi connectivity index (χ3n) is 1.49. The summed E-state index contributed by atoms with van der Waals surface area (Å²) in [4.78, 5) is 10.3. The van der Waals surface area contributed by atoms with Crippen molar-refractivity contribution in [2.75, 3.05) is 11.9 Å². The van der Waals surface area contributed by atoms with Crippen molar-refractivity contribution in [3.8, 4) is 5.75 Å². The van der Waals surface area contributed by atoms with Crippen LogP contribution < -0.4 is 10.1 Å². The molecular weight excluding hydrogens is 189 g/mol. The van der Waals surface area contributed by atoms with Crippen LogP contribution in [0.3, 0.4) is 0 Å². The Morgan fingerprint density at radius 2 is 2.36 bits per heavy atom. The second kappa shape index (κ2) is 4.45. The number of halogens is 1. The van der Waals surface area contributed by atoms with E-state index in [0.29, 0.717) is 12.4 Å². The van der Waals surface area contributed by atoms with Gasteiger partial charge in [0.1, 0.15) is 11.6 Å². The highest BCUT2D eigenvalue weighted by molar-refractivity contribution is 5.83. The molecule has 1 amide bonds. The fraction of sp³-hybridized carbons (Fsp3) is 0.222. The average molecular weight is 199 g/mol. The van der Waals surface area contributed by atoms with Crippen LogP contribution in [0.15, 0.2) is 18.2 Å². The molecule has 0 saturated carbocycles. The average Bonchev–Trinajstić information content (AvgIpc) is 2.10. The highest BCUT2D eigenvalue weighted by Gasteiger charge is 2.06. The van der Waals surface area contributed by atoms with E-state index in [9.17, 15) is 9.18 Å². The van der Waals surface area contributed by atoms with Gasteiger partial charge < -0.3 is 9.84 Å². The summed E-state index contributed by atoms with van der Waals surface area (Å²) in [6.07, 6.45) is -1.31. The zero-order chi connectivity index (χ0) is 10.6. The molecule has 0 aliphatic carbocycles. The van der Waals surface area contributed by atoms with E-state index in [-0.39, 0.29) is 5.69 Å². The lowest BCUT2D eigenvalue weighted by atomic mass is 10.3. The molecule has 0 aliphatic heterocycles. The summed E-state index contributed by atoms with van der Waals surface area (Å²) < 4.78 is 18.1. The third kappa shape index (κ3) is 2.62. The topological polar surface area (TPSA) is 58.6 Å². The molecule has 0 heterocycles. The highest BCUT2D eigenvalue weighted by Crippen LogP contribution is 2.21. The minimum Gasteiger partial charge on any atom is -0.494 e. The molecule has 0 atom stereocenters. The van der Waals surface area contributed by atoms with Crippen molar-refractivity contribution in [2.45, 2.75) is 6.92 Å². The van der Waals surface area contributed by atoms with E-state index in [1.54, 1.807) is 6.92 Å². The number of carbonyl (C=O) groups is 1. The number of rotatable bonds is 3. The largest absolute Gasteiger partial charge is 0.494 e. The lowest BCUT2D eigenvalue weighted by molar-refractivity contribution is 0.209. The zero-order valence-electron chi connectivity index (χ0n) is 7.58. The molecule has 1 aromatic rings. The first-order chi connectivity index (χ1) is 6.63. The molecule has 0 aliphatic rings. The maximum atomic E-state index is 13.0. The maximum Gasteiger partial charge on any atom is 0.409 e. The lowest BCUT2D eigenvalue weighted by Crippen LogP contribution is -2.09. The van der Waals surface area contributed by atoms with Crippen LogP contribution in [0.5, 0.6) is 5.75 Å². The van der Waals surface area contributed by atoms with Crippen LogP contribution >= 0.6 is 0 Å². The van der Waals surface area contributed by atoms with Crippen LogP contribution in [-0.4, -0.2) is 17.8 Å². The van der Waals surface area contributed by atoms with Crippen LogP contribution in [-0.2, 0) is 0 Å². The van der Waals surface area contributed by atoms with E-state index in [1.807, 2.05) is 5.32 Å². The van der Waals surface area contributed by atoms with Crippen LogP contribution in [0.25, 0.3) is 0 Å². The molecule has 1 rings (SSSR count). The molecular formula is C9H10FNO3. The van der Waals surface area contributed by atoms with Gasteiger partial charge in [0.25, 0.3) is 0 Å². The van der Waals surface area contributed by atoms with Crippen LogP contribution in [0.2, 0.25) is 0 Å². The van der Waals surface area contributed by atoms with E-state index in [4.69, 9.17) is 9.84 Å². The van der Waals surface area contributed by atoms with Crippen LogP contribution in [0, 0.1) is 5.82 Å². The molecule has 0 bridgehead atoms. The number of anilines is 1. The van der Waals surface area contributed by atoms with Gasteiger partial charge >= 0.3 is 6.09 Å². The molecule has 4 nitrogen and oxygen atoms in total. The second-order valence-corrected chi connectivity index (χ2v) is 2.50. The Kier molecular flexibility index (Phi) is 3.28. The first-order valence-corrected chi connectivity index (χ1v) is 4.05. The standard InChI is InChI=1S/C9H10FNO3/c1-2-14-6-3-4-7(10)8(5-6)11-9(12)13/h3-5,11H,2H2,1H3,(H,12,13). The summed E-state index contributed by atoms with van der Waals surface area (Å²) in [6, 6.07) is 3.88. The Balaban J connectivity index is 2.90. The van der Waals surface area contributed by atoms with E-state index in [0.717, 1.165) is 6.07 Å². The van der Waals surface area contributed by atoms with E-state index in [2.05, 4.69) is 0 Å². The Morgan fingerprint density at radius 3 is 2.93 bits per heavy atom. The van der Waals surface area contributed by atoms with Gasteiger partial charge in [-0.1, -0.05) is 0 Å². The molecule has 0 saturated heterocycles. The molecule has 14 heavy (non-hydrogen) atoms. The molecule has 5 heteroatoms. The third-order valence-corrected chi connectivity index (χ3v) is 1.49. The van der Waals surface area contributed by atoms with Crippen molar-refractivity contribution in [2.24, 2.45) is 0 Å². The van der Waals surface area contributed by atoms with Gasteiger partial charge in [-0.25, -0.2) is 9.18 Å². The normalized spacial score (nSPS) is 9.57. The van der Waals surface area contributed by atoms with Gasteiger partial charge in [0.05, 0.1) is 12.3 Å². The van der Waals surface area contributed by atoms with Crippen molar-refractivity contribution < 1.29 is 19.0 Å². The van der Waals surface area contributed by atoms with Crippen molar-refractivity contribution in [3.05, 3.63) is 24.0 Å². The first-order valence-electron chi connectivity index (χ1n) is 4.05. The van der Waals surface area contributed by atoms with Crippen molar-refractivity contribution in [1.29, 1.82) is 0 Å². The van der Waals surface area contributed by atoms with Gasteiger partial charge in [-0.2, -0.15) is 0 Å². The Labute approximate surface area is 80.3 Å². The smallest absolute Gasteiger partial charge is 0.409 e. The summed E-state index contributed by atoms with van der Waals surface area (Å²) in [5.41, 5.74) is -0.108. The summed E-state index contributed by atoms with van der Waals surface area (Å²) in [5, 5.41) is 10.3. The summed E-state index contributed by atoms with van der Waals surface area (Å²) in [5.74, 6) is -0.200. The van der Waals surface area contributed by atoms with E-state index >= 15 is 0 Å². The van der Waals surface area contributed by atoms with Crippen LogP contribution in [0.4, 0.5) is 14.9 Å². The van der Waals surface area contributed by atoms with Gasteiger partial charge in [0.2, 0.25) is 0 Å². The van der Waals surface area contributed by atoms with Crippen molar-refractivity contribution in [3.63, 3.8) is 0 Å². The molecule has 0 unspecified atom stereocenters. The fourth-order valence-electron chi connectivity index (χ4n) is 0.972. The lowest BCUT2D eigenvalue weighted by Gasteiger charge is -2.06. The number of benzene rings is 1. The van der Waals surface area contributed by atoms with Gasteiger partial charge in [-0.3, -0.25) is 5.32 Å². The molecule has 0 fully saturated rings. The molecule has 0 aromatic heterocycles. The first kappa shape index (κ1) is 10.3. The number of hydrogen-bond acceptors (Lipinski definition) is 2. The highest BCUT2D eigenvalue weighted by atomic mass is 19.1. The minimum absolute atomic E-state index is 0.108. The number of hydrogen-bond donors (Lipinski definition) is 2. The predicted octanol–water partition coefficient (Wildman–Crippen LogP) is 2.31. The number of ether oxygens (including phenoxy) is 1. The minimum atomic E-state index is -1.31. The van der Waals surface area contributed by atoms with Crippen LogP contribution in [0.1, 0.15) is 6.92 Å². The predicted molar refractivity (Wildman–Crippen MR) is 49.2 cm³/mol. The number of carboxylic acid groups (broad SMARTS) is 1. The molecule has 1 aromatic carbocycles. The monoisotopic (exact) mass is 199 g/mol. The number of amides is 1. The van der Waals surface area contributed by atoms with Gasteiger partial charge in [0.15, 0.2) is 0 Å². The maximum absolute atomic E-state index is 13.0. The van der Waals surface area contributed by atoms with Gasteiger partial charge in [0, 0.05) is 6.07 Å². The Morgan fingerprint density at radius 1 is 1.64 bits per heavy atom. The Hall–Kier alpha value is -1.78. The fourth-order valence-corrected chi connectivity index (χ4v) is 0.972. The molecule has 76 valence electrons. The molecule has 0 spiro atoms. The van der Waals surface area contributed by atoms with Gasteiger partial charge in [-0.05, 0) is 19.1 Å². The van der Waals surface area contributed by atoms with Gasteiger partial charge in [-0.15, -0.1) is 0 Å². The second-order valence-electron chi connectivity index (χ2n) is 2.50. The Bertz CT molecular complexity index is 341. The molecule has 0 radical (unpaired) electrons. The summed E-state index contributed by atoms with van der Waals surface area (Å²) >= 11 is 0. The summed E-state index contributed by atoms with van der Waals surface area (Å²) in [6.45, 7) is 2.23. The van der Waals surface area contributed by atoms with Crippen molar-refractivity contribution >= 4 is 11.8 Å². The van der Waals surface area contributed by atoms with Crippen molar-refractivity contribution in [1.82, 2.24) is 0 Å². The number of nitrogens with one attached hydrogen (secondary N) is 1. The van der Waals surface area contributed by atoms with E-state index in [1.165, 1.54) is 12.1 Å². The zero-order valence-corrected chi connectivity index (χ0v) is 7.58. The molecule has 2 N–H and O–H groups in total. The SMILES string of the molecule is CCOc1ccc(F)c(NC(=O)O)c1. The van der Waals surface area contributed by atoms with E-state index < -0.39 is 11.9 Å². The quantitative estimate of drug-likeness (QED) is 0.785. The summed E-state index contributed by atoms with van der Waals surface area (Å²) in [7, 11) is 0.